The van der Waals surface area contributed by atoms with E-state index in [0.29, 0.717) is 16.8 Å². The number of fused-ring (bicyclic) bond motifs is 1. The van der Waals surface area contributed by atoms with Crippen LogP contribution in [0, 0.1) is 6.92 Å². The smallest absolute Gasteiger partial charge is 0.266 e. The number of halogens is 3. The molecule has 0 saturated carbocycles. The normalized spacial score (nSPS) is 15.0. The van der Waals surface area contributed by atoms with Crippen LogP contribution in [0.25, 0.3) is 0 Å². The van der Waals surface area contributed by atoms with Crippen LogP contribution in [0.5, 0.6) is 0 Å². The molecule has 1 aliphatic rings. The molecule has 0 radical (unpaired) electrons. The van der Waals surface area contributed by atoms with Gasteiger partial charge in [-0.3, -0.25) is 8.99 Å². The van der Waals surface area contributed by atoms with Crippen molar-refractivity contribution in [2.75, 3.05) is 10.8 Å². The van der Waals surface area contributed by atoms with Gasteiger partial charge in [-0.1, -0.05) is 12.1 Å². The lowest BCUT2D eigenvalue weighted by Crippen LogP contribution is -2.28. The Morgan fingerprint density at radius 3 is 2.74 bits per heavy atom. The number of alkyl halides is 3. The van der Waals surface area contributed by atoms with E-state index in [1.54, 1.807) is 12.1 Å². The molecule has 0 unspecified atom stereocenters. The van der Waals surface area contributed by atoms with Gasteiger partial charge in [0.2, 0.25) is 0 Å². The van der Waals surface area contributed by atoms with Crippen molar-refractivity contribution >= 4 is 15.7 Å². The molecule has 0 saturated heterocycles. The summed E-state index contributed by atoms with van der Waals surface area (Å²) in [6, 6.07) is 5.36. The van der Waals surface area contributed by atoms with Crippen LogP contribution < -0.4 is 4.31 Å². The molecule has 0 N–H and O–H groups in total. The summed E-state index contributed by atoms with van der Waals surface area (Å²) in [4.78, 5) is -0.240. The first kappa shape index (κ1) is 15.9. The molecule has 124 valence electrons. The maximum absolute atomic E-state index is 12.7. The van der Waals surface area contributed by atoms with Gasteiger partial charge in [-0.2, -0.15) is 18.3 Å². The molecule has 2 heterocycles. The lowest BCUT2D eigenvalue weighted by atomic mass is 10.1. The van der Waals surface area contributed by atoms with Gasteiger partial charge >= 0.3 is 6.18 Å². The second-order valence-electron chi connectivity index (χ2n) is 5.39. The fourth-order valence-electron chi connectivity index (χ4n) is 2.70. The van der Waals surface area contributed by atoms with Crippen LogP contribution in [0.15, 0.2) is 35.5 Å². The Kier molecular flexibility index (Phi) is 3.62. The highest BCUT2D eigenvalue weighted by molar-refractivity contribution is 7.92. The Morgan fingerprint density at radius 2 is 2.04 bits per heavy atom. The minimum Gasteiger partial charge on any atom is -0.266 e. The summed E-state index contributed by atoms with van der Waals surface area (Å²) in [6.45, 7) is 0.849. The summed E-state index contributed by atoms with van der Waals surface area (Å²) in [6.07, 6.45) is -2.01. The van der Waals surface area contributed by atoms with Crippen LogP contribution >= 0.6 is 0 Å². The Hall–Kier alpha value is -2.03. The molecule has 2 aromatic rings. The summed E-state index contributed by atoms with van der Waals surface area (Å²) in [5, 5.41) is 3.50. The molecule has 0 atom stereocenters. The van der Waals surface area contributed by atoms with Crippen LogP contribution in [0.4, 0.5) is 18.9 Å². The number of sulfonamides is 1. The first-order valence-corrected chi connectivity index (χ1v) is 8.33. The van der Waals surface area contributed by atoms with Crippen molar-refractivity contribution in [1.29, 1.82) is 0 Å². The number of hydrogen-bond acceptors (Lipinski definition) is 3. The van der Waals surface area contributed by atoms with Crippen molar-refractivity contribution in [3.05, 3.63) is 41.7 Å². The van der Waals surface area contributed by atoms with E-state index in [0.717, 1.165) is 23.5 Å². The molecule has 0 amide bonds. The standard InChI is InChI=1S/C14H14F3N3O2S/c1-10-3-2-4-13-12(10)5-6-20(13)23(21,22)11-7-18-19(8-11)9-14(15,16)17/h2-4,7-8H,5-6,9H2,1H3. The lowest BCUT2D eigenvalue weighted by Gasteiger charge is -2.18. The summed E-state index contributed by atoms with van der Waals surface area (Å²) in [7, 11) is -3.92. The molecule has 1 aliphatic heterocycles. The molecule has 0 spiro atoms. The molecular formula is C14H14F3N3O2S. The van der Waals surface area contributed by atoms with Crippen LogP contribution in [0.1, 0.15) is 11.1 Å². The quantitative estimate of drug-likeness (QED) is 0.859. The van der Waals surface area contributed by atoms with Crippen molar-refractivity contribution in [2.45, 2.75) is 31.0 Å². The fraction of sp³-hybridized carbons (Fsp3) is 0.357. The third kappa shape index (κ3) is 2.92. The Bertz CT molecular complexity index is 843. The number of rotatable bonds is 3. The molecule has 3 rings (SSSR count). The SMILES string of the molecule is Cc1cccc2c1CCN2S(=O)(=O)c1cnn(CC(F)(F)F)c1. The molecule has 0 aliphatic carbocycles. The van der Waals surface area contributed by atoms with E-state index in [-0.39, 0.29) is 11.4 Å². The van der Waals surface area contributed by atoms with Gasteiger partial charge in [0, 0.05) is 12.7 Å². The highest BCUT2D eigenvalue weighted by Crippen LogP contribution is 2.34. The Labute approximate surface area is 131 Å². The van der Waals surface area contributed by atoms with Crippen molar-refractivity contribution < 1.29 is 21.6 Å². The first-order chi connectivity index (χ1) is 10.7. The zero-order valence-corrected chi connectivity index (χ0v) is 13.0. The maximum Gasteiger partial charge on any atom is 0.408 e. The zero-order valence-electron chi connectivity index (χ0n) is 12.2. The van der Waals surface area contributed by atoms with Gasteiger partial charge in [0.05, 0.1) is 11.9 Å². The van der Waals surface area contributed by atoms with Gasteiger partial charge in [0.1, 0.15) is 11.4 Å². The number of benzene rings is 1. The third-order valence-electron chi connectivity index (χ3n) is 3.76. The van der Waals surface area contributed by atoms with Crippen LogP contribution in [-0.4, -0.2) is 30.9 Å². The topological polar surface area (TPSA) is 55.2 Å². The molecule has 5 nitrogen and oxygen atoms in total. The molecule has 23 heavy (non-hydrogen) atoms. The van der Waals surface area contributed by atoms with Crippen LogP contribution in [0.3, 0.4) is 0 Å². The number of aromatic nitrogens is 2. The predicted octanol–water partition coefficient (Wildman–Crippen LogP) is 2.51. The van der Waals surface area contributed by atoms with E-state index in [9.17, 15) is 21.6 Å². The highest BCUT2D eigenvalue weighted by atomic mass is 32.2. The minimum absolute atomic E-state index is 0.240. The van der Waals surface area contributed by atoms with E-state index >= 15 is 0 Å². The van der Waals surface area contributed by atoms with Crippen LogP contribution in [0.2, 0.25) is 0 Å². The van der Waals surface area contributed by atoms with E-state index in [1.807, 2.05) is 13.0 Å². The van der Waals surface area contributed by atoms with Gasteiger partial charge in [-0.15, -0.1) is 0 Å². The van der Waals surface area contributed by atoms with Gasteiger partial charge in [-0.05, 0) is 30.5 Å². The van der Waals surface area contributed by atoms with Crippen molar-refractivity contribution in [3.8, 4) is 0 Å². The minimum atomic E-state index is -4.45. The average molecular weight is 345 g/mol. The van der Waals surface area contributed by atoms with E-state index in [2.05, 4.69) is 5.10 Å². The first-order valence-electron chi connectivity index (χ1n) is 6.89. The summed E-state index contributed by atoms with van der Waals surface area (Å²) in [5.74, 6) is 0. The number of anilines is 1. The predicted molar refractivity (Wildman–Crippen MR) is 77.7 cm³/mol. The second-order valence-corrected chi connectivity index (χ2v) is 7.25. The lowest BCUT2D eigenvalue weighted by molar-refractivity contribution is -0.142. The molecule has 0 fully saturated rings. The monoisotopic (exact) mass is 345 g/mol. The third-order valence-corrected chi connectivity index (χ3v) is 5.52. The second kappa shape index (κ2) is 5.26. The Balaban J connectivity index is 1.94. The van der Waals surface area contributed by atoms with Crippen molar-refractivity contribution in [2.24, 2.45) is 0 Å². The zero-order chi connectivity index (χ0) is 16.8. The number of aryl methyl sites for hydroxylation is 1. The van der Waals surface area contributed by atoms with Gasteiger partial charge in [0.15, 0.2) is 0 Å². The van der Waals surface area contributed by atoms with E-state index < -0.39 is 22.7 Å². The Morgan fingerprint density at radius 1 is 1.30 bits per heavy atom. The number of nitrogens with zero attached hydrogens (tertiary/aromatic N) is 3. The average Bonchev–Trinajstić information content (AvgIpc) is 3.04. The molecule has 1 aromatic carbocycles. The van der Waals surface area contributed by atoms with E-state index in [1.165, 1.54) is 4.31 Å². The van der Waals surface area contributed by atoms with Gasteiger partial charge < -0.3 is 0 Å². The molecule has 0 bridgehead atoms. The van der Waals surface area contributed by atoms with Crippen molar-refractivity contribution in [1.82, 2.24) is 9.78 Å². The van der Waals surface area contributed by atoms with Gasteiger partial charge in [0.25, 0.3) is 10.0 Å². The number of hydrogen-bond donors (Lipinski definition) is 0. The summed E-state index contributed by atoms with van der Waals surface area (Å²) in [5.41, 5.74) is 2.51. The summed E-state index contributed by atoms with van der Waals surface area (Å²) >= 11 is 0. The van der Waals surface area contributed by atoms with E-state index in [4.69, 9.17) is 0 Å². The van der Waals surface area contributed by atoms with Crippen LogP contribution in [-0.2, 0) is 23.0 Å². The largest absolute Gasteiger partial charge is 0.408 e. The highest BCUT2D eigenvalue weighted by Gasteiger charge is 2.34. The molecule has 9 heteroatoms. The van der Waals surface area contributed by atoms with Gasteiger partial charge in [-0.25, -0.2) is 8.42 Å². The van der Waals surface area contributed by atoms with Crippen molar-refractivity contribution in [3.63, 3.8) is 0 Å². The molecule has 1 aromatic heterocycles. The fourth-order valence-corrected chi connectivity index (χ4v) is 4.16. The summed E-state index contributed by atoms with van der Waals surface area (Å²) < 4.78 is 64.3. The maximum atomic E-state index is 12.7. The molecular weight excluding hydrogens is 331 g/mol.